The molecule has 3 N–H and O–H groups in total. The Morgan fingerprint density at radius 3 is 2.67 bits per heavy atom. The van der Waals surface area contributed by atoms with Crippen molar-refractivity contribution in [1.82, 2.24) is 4.98 Å². The van der Waals surface area contributed by atoms with Crippen LogP contribution in [0.1, 0.15) is 32.6 Å². The van der Waals surface area contributed by atoms with Crippen LogP contribution in [-0.2, 0) is 0 Å². The number of halogens is 1. The second kappa shape index (κ2) is 4.00. The molecule has 0 aromatic carbocycles. The van der Waals surface area contributed by atoms with Crippen LogP contribution in [0.15, 0.2) is 16.9 Å². The van der Waals surface area contributed by atoms with Crippen LogP contribution < -0.4 is 11.1 Å². The van der Waals surface area contributed by atoms with Gasteiger partial charge in [0.2, 0.25) is 0 Å². The quantitative estimate of drug-likeness (QED) is 0.867. The molecular formula is C11H16BrN3. The minimum atomic E-state index is 0.192. The van der Waals surface area contributed by atoms with Crippen molar-refractivity contribution in [3.8, 4) is 0 Å². The van der Waals surface area contributed by atoms with E-state index >= 15 is 0 Å². The Balaban J connectivity index is 2.23. The van der Waals surface area contributed by atoms with Gasteiger partial charge in [-0.1, -0.05) is 12.8 Å². The first-order valence-corrected chi connectivity index (χ1v) is 6.07. The molecule has 1 heterocycles. The van der Waals surface area contributed by atoms with Crippen LogP contribution in [0.4, 0.5) is 11.4 Å². The van der Waals surface area contributed by atoms with E-state index in [0.29, 0.717) is 5.69 Å². The van der Waals surface area contributed by atoms with Gasteiger partial charge in [0.1, 0.15) is 0 Å². The lowest BCUT2D eigenvalue weighted by molar-refractivity contribution is 0.533. The molecule has 1 aliphatic rings. The van der Waals surface area contributed by atoms with Gasteiger partial charge < -0.3 is 11.1 Å². The third-order valence-electron chi connectivity index (χ3n) is 3.06. The largest absolute Gasteiger partial charge is 0.396 e. The van der Waals surface area contributed by atoms with E-state index in [-0.39, 0.29) is 5.54 Å². The molecule has 4 heteroatoms. The number of pyridine rings is 1. The Labute approximate surface area is 98.6 Å². The van der Waals surface area contributed by atoms with E-state index in [9.17, 15) is 0 Å². The van der Waals surface area contributed by atoms with E-state index < -0.39 is 0 Å². The summed E-state index contributed by atoms with van der Waals surface area (Å²) in [6.07, 6.45) is 8.48. The first-order valence-electron chi connectivity index (χ1n) is 5.28. The van der Waals surface area contributed by atoms with Crippen molar-refractivity contribution in [2.75, 3.05) is 11.1 Å². The molecule has 0 radical (unpaired) electrons. The van der Waals surface area contributed by atoms with Crippen molar-refractivity contribution in [1.29, 1.82) is 0 Å². The van der Waals surface area contributed by atoms with E-state index in [1.807, 2.05) is 0 Å². The fraction of sp³-hybridized carbons (Fsp3) is 0.545. The predicted octanol–water partition coefficient (Wildman–Crippen LogP) is 3.17. The van der Waals surface area contributed by atoms with E-state index in [2.05, 4.69) is 33.2 Å². The van der Waals surface area contributed by atoms with Crippen molar-refractivity contribution < 1.29 is 0 Å². The van der Waals surface area contributed by atoms with Crippen molar-refractivity contribution in [2.24, 2.45) is 0 Å². The summed E-state index contributed by atoms with van der Waals surface area (Å²) in [6.45, 7) is 2.26. The number of nitrogens with two attached hydrogens (primary N) is 1. The second-order valence-corrected chi connectivity index (χ2v) is 5.33. The maximum absolute atomic E-state index is 5.90. The Bertz CT molecular complexity index is 339. The minimum Gasteiger partial charge on any atom is -0.396 e. The number of hydrogen-bond acceptors (Lipinski definition) is 3. The van der Waals surface area contributed by atoms with Gasteiger partial charge in [-0.05, 0) is 35.7 Å². The van der Waals surface area contributed by atoms with E-state index in [1.54, 1.807) is 12.4 Å². The summed E-state index contributed by atoms with van der Waals surface area (Å²) in [4.78, 5) is 4.03. The molecule has 1 aromatic heterocycles. The maximum Gasteiger partial charge on any atom is 0.0754 e. The van der Waals surface area contributed by atoms with Gasteiger partial charge in [-0.25, -0.2) is 0 Å². The molecular weight excluding hydrogens is 254 g/mol. The van der Waals surface area contributed by atoms with Gasteiger partial charge >= 0.3 is 0 Å². The Morgan fingerprint density at radius 2 is 2.07 bits per heavy atom. The number of nitrogens with zero attached hydrogens (tertiary/aromatic N) is 1. The standard InChI is InChI=1S/C11H16BrN3/c1-11(4-2-3-5-11)15-10-8(12)6-14-7-9(10)13/h6-7H,2-5,13H2,1H3,(H,14,15). The Kier molecular flexibility index (Phi) is 2.87. The molecule has 1 aromatic rings. The summed E-state index contributed by atoms with van der Waals surface area (Å²) in [7, 11) is 0. The van der Waals surface area contributed by atoms with Crippen LogP contribution in [0.3, 0.4) is 0 Å². The molecule has 0 amide bonds. The zero-order valence-electron chi connectivity index (χ0n) is 8.89. The normalized spacial score (nSPS) is 19.1. The second-order valence-electron chi connectivity index (χ2n) is 4.48. The first kappa shape index (κ1) is 10.7. The molecule has 15 heavy (non-hydrogen) atoms. The lowest BCUT2D eigenvalue weighted by Crippen LogP contribution is -2.31. The highest BCUT2D eigenvalue weighted by Crippen LogP contribution is 2.36. The third-order valence-corrected chi connectivity index (χ3v) is 3.66. The molecule has 1 fully saturated rings. The number of hydrogen-bond donors (Lipinski definition) is 2. The number of rotatable bonds is 2. The number of nitrogen functional groups attached to an aromatic ring is 1. The van der Waals surface area contributed by atoms with Crippen molar-refractivity contribution in [3.63, 3.8) is 0 Å². The zero-order chi connectivity index (χ0) is 10.9. The molecule has 0 atom stereocenters. The molecule has 0 bridgehead atoms. The smallest absolute Gasteiger partial charge is 0.0754 e. The van der Waals surface area contributed by atoms with Crippen molar-refractivity contribution in [3.05, 3.63) is 16.9 Å². The zero-order valence-corrected chi connectivity index (χ0v) is 10.5. The minimum absolute atomic E-state index is 0.192. The van der Waals surface area contributed by atoms with Crippen LogP contribution in [0.25, 0.3) is 0 Å². The molecule has 0 spiro atoms. The average molecular weight is 270 g/mol. The van der Waals surface area contributed by atoms with Gasteiger partial charge in [-0.2, -0.15) is 0 Å². The highest BCUT2D eigenvalue weighted by Gasteiger charge is 2.29. The summed E-state index contributed by atoms with van der Waals surface area (Å²) >= 11 is 3.47. The fourth-order valence-corrected chi connectivity index (χ4v) is 2.61. The van der Waals surface area contributed by atoms with E-state index in [4.69, 9.17) is 5.73 Å². The van der Waals surface area contributed by atoms with Gasteiger partial charge in [-0.3, -0.25) is 4.98 Å². The summed E-state index contributed by atoms with van der Waals surface area (Å²) in [5, 5.41) is 3.54. The van der Waals surface area contributed by atoms with Crippen molar-refractivity contribution >= 4 is 27.3 Å². The SMILES string of the molecule is CC1(Nc2c(N)cncc2Br)CCCC1. The summed E-state index contributed by atoms with van der Waals surface area (Å²) in [5.41, 5.74) is 7.78. The molecule has 0 saturated heterocycles. The van der Waals surface area contributed by atoms with Crippen LogP contribution in [0.5, 0.6) is 0 Å². The lowest BCUT2D eigenvalue weighted by atomic mass is 10.0. The summed E-state index contributed by atoms with van der Waals surface area (Å²) < 4.78 is 0.940. The highest BCUT2D eigenvalue weighted by atomic mass is 79.9. The maximum atomic E-state index is 5.90. The first-order chi connectivity index (χ1) is 7.11. The molecule has 1 saturated carbocycles. The van der Waals surface area contributed by atoms with Gasteiger partial charge in [-0.15, -0.1) is 0 Å². The number of anilines is 2. The van der Waals surface area contributed by atoms with Crippen molar-refractivity contribution in [2.45, 2.75) is 38.1 Å². The van der Waals surface area contributed by atoms with Gasteiger partial charge in [0.05, 0.1) is 22.0 Å². The molecule has 3 nitrogen and oxygen atoms in total. The topological polar surface area (TPSA) is 50.9 Å². The molecule has 0 unspecified atom stereocenters. The Hall–Kier alpha value is -0.770. The lowest BCUT2D eigenvalue weighted by Gasteiger charge is -2.28. The van der Waals surface area contributed by atoms with Crippen LogP contribution in [0.2, 0.25) is 0 Å². The number of aromatic nitrogens is 1. The molecule has 2 rings (SSSR count). The van der Waals surface area contributed by atoms with Gasteiger partial charge in [0.15, 0.2) is 0 Å². The van der Waals surface area contributed by atoms with Gasteiger partial charge in [0.25, 0.3) is 0 Å². The summed E-state index contributed by atoms with van der Waals surface area (Å²) in [5.74, 6) is 0. The predicted molar refractivity (Wildman–Crippen MR) is 66.8 cm³/mol. The molecule has 0 aliphatic heterocycles. The monoisotopic (exact) mass is 269 g/mol. The summed E-state index contributed by atoms with van der Waals surface area (Å²) in [6, 6.07) is 0. The van der Waals surface area contributed by atoms with Crippen LogP contribution in [-0.4, -0.2) is 10.5 Å². The van der Waals surface area contributed by atoms with E-state index in [0.717, 1.165) is 10.2 Å². The Morgan fingerprint density at radius 1 is 1.40 bits per heavy atom. The fourth-order valence-electron chi connectivity index (χ4n) is 2.16. The van der Waals surface area contributed by atoms with Crippen LogP contribution in [0, 0.1) is 0 Å². The molecule has 1 aliphatic carbocycles. The third kappa shape index (κ3) is 2.25. The van der Waals surface area contributed by atoms with Crippen LogP contribution >= 0.6 is 15.9 Å². The highest BCUT2D eigenvalue weighted by molar-refractivity contribution is 9.10. The van der Waals surface area contributed by atoms with E-state index in [1.165, 1.54) is 25.7 Å². The van der Waals surface area contributed by atoms with Gasteiger partial charge in [0, 0.05) is 11.7 Å². The number of nitrogens with one attached hydrogen (secondary N) is 1. The molecule has 82 valence electrons. The average Bonchev–Trinajstić information content (AvgIpc) is 2.60.